The molecule has 0 fully saturated rings. The molecule has 0 bridgehead atoms. The average molecular weight is 335 g/mol. The van der Waals surface area contributed by atoms with E-state index in [1.54, 1.807) is 4.90 Å². The minimum Gasteiger partial charge on any atom is -0.491 e. The van der Waals surface area contributed by atoms with E-state index in [9.17, 15) is 4.79 Å². The lowest BCUT2D eigenvalue weighted by atomic mass is 9.85. The Labute approximate surface area is 147 Å². The minimum absolute atomic E-state index is 0.00846. The fraction of sp³-hybridized carbons (Fsp3) is 0.286. The van der Waals surface area contributed by atoms with Gasteiger partial charge in [0, 0.05) is 19.0 Å². The third kappa shape index (κ3) is 2.63. The molecule has 2 aromatic carbocycles. The minimum atomic E-state index is -0.936. The van der Waals surface area contributed by atoms with Gasteiger partial charge in [0.2, 0.25) is 0 Å². The van der Waals surface area contributed by atoms with Crippen LogP contribution in [0.15, 0.2) is 66.2 Å². The topological polar surface area (TPSA) is 38.8 Å². The molecule has 4 heteroatoms. The highest BCUT2D eigenvalue weighted by atomic mass is 16.6. The van der Waals surface area contributed by atoms with Crippen LogP contribution in [0.2, 0.25) is 0 Å². The maximum absolute atomic E-state index is 13.0. The Balaban J connectivity index is 1.62. The summed E-state index contributed by atoms with van der Waals surface area (Å²) in [5.74, 6) is 0.790. The molecule has 2 aliphatic rings. The van der Waals surface area contributed by atoms with Crippen molar-refractivity contribution in [3.8, 4) is 5.75 Å². The second-order valence-corrected chi connectivity index (χ2v) is 6.68. The number of hydrogen-bond acceptors (Lipinski definition) is 3. The number of hydrogen-bond donors (Lipinski definition) is 0. The number of carbonyl (C=O) groups is 1. The zero-order valence-corrected chi connectivity index (χ0v) is 14.4. The highest BCUT2D eigenvalue weighted by molar-refractivity contribution is 6.07. The predicted molar refractivity (Wildman–Crippen MR) is 96.7 cm³/mol. The van der Waals surface area contributed by atoms with Gasteiger partial charge in [0.15, 0.2) is 5.60 Å². The highest BCUT2D eigenvalue weighted by Gasteiger charge is 2.53. The standard InChI is InChI=1S/C21H21NO3/c1-15-12-17(14-24-16-8-4-3-5-9-16)25-21(13-15)18-10-6-7-11-19(18)22(2)20(21)23/h3-12,17H,13-14H2,1-2H3/t17-,21+/m0/s1. The first-order valence-corrected chi connectivity index (χ1v) is 8.51. The molecule has 0 aliphatic carbocycles. The summed E-state index contributed by atoms with van der Waals surface area (Å²) in [7, 11) is 1.81. The Bertz CT molecular complexity index is 830. The molecule has 0 N–H and O–H groups in total. The van der Waals surface area contributed by atoms with Crippen molar-refractivity contribution in [2.45, 2.75) is 25.0 Å². The molecule has 0 saturated carbocycles. The lowest BCUT2D eigenvalue weighted by Gasteiger charge is -2.36. The molecule has 4 rings (SSSR count). The van der Waals surface area contributed by atoms with Crippen LogP contribution >= 0.6 is 0 Å². The summed E-state index contributed by atoms with van der Waals surface area (Å²) in [5.41, 5.74) is 2.07. The summed E-state index contributed by atoms with van der Waals surface area (Å²) >= 11 is 0. The summed E-state index contributed by atoms with van der Waals surface area (Å²) in [5, 5.41) is 0. The number of likely N-dealkylation sites (N-methyl/N-ethyl adjacent to an activating group) is 1. The summed E-state index contributed by atoms with van der Waals surface area (Å²) in [6.07, 6.45) is 2.37. The van der Waals surface area contributed by atoms with Gasteiger partial charge in [0.1, 0.15) is 18.5 Å². The zero-order valence-electron chi connectivity index (χ0n) is 14.4. The third-order valence-electron chi connectivity index (χ3n) is 4.86. The van der Waals surface area contributed by atoms with E-state index >= 15 is 0 Å². The van der Waals surface area contributed by atoms with Crippen molar-refractivity contribution in [2.75, 3.05) is 18.6 Å². The first kappa shape index (κ1) is 15.9. The van der Waals surface area contributed by atoms with E-state index in [0.717, 1.165) is 22.6 Å². The molecule has 2 aromatic rings. The number of ether oxygens (including phenoxy) is 2. The van der Waals surface area contributed by atoms with E-state index in [2.05, 4.69) is 6.08 Å². The summed E-state index contributed by atoms with van der Waals surface area (Å²) in [6, 6.07) is 17.5. The van der Waals surface area contributed by atoms with Gasteiger partial charge >= 0.3 is 0 Å². The van der Waals surface area contributed by atoms with Crippen molar-refractivity contribution >= 4 is 11.6 Å². The van der Waals surface area contributed by atoms with Crippen LogP contribution in [-0.2, 0) is 15.1 Å². The van der Waals surface area contributed by atoms with Crippen LogP contribution in [0.5, 0.6) is 5.75 Å². The first-order chi connectivity index (χ1) is 12.1. The van der Waals surface area contributed by atoms with E-state index in [0.29, 0.717) is 13.0 Å². The van der Waals surface area contributed by atoms with Crippen LogP contribution < -0.4 is 9.64 Å². The summed E-state index contributed by atoms with van der Waals surface area (Å²) < 4.78 is 12.2. The fourth-order valence-corrected chi connectivity index (χ4v) is 3.77. The predicted octanol–water partition coefficient (Wildman–Crippen LogP) is 3.67. The van der Waals surface area contributed by atoms with Crippen LogP contribution in [0.4, 0.5) is 5.69 Å². The molecule has 4 nitrogen and oxygen atoms in total. The molecular weight excluding hydrogens is 314 g/mol. The van der Waals surface area contributed by atoms with Crippen LogP contribution in [0, 0.1) is 0 Å². The van der Waals surface area contributed by atoms with E-state index in [-0.39, 0.29) is 12.0 Å². The monoisotopic (exact) mass is 335 g/mol. The van der Waals surface area contributed by atoms with E-state index in [4.69, 9.17) is 9.47 Å². The van der Waals surface area contributed by atoms with Gasteiger partial charge in [-0.25, -0.2) is 0 Å². The third-order valence-corrected chi connectivity index (χ3v) is 4.86. The van der Waals surface area contributed by atoms with E-state index in [1.165, 1.54) is 0 Å². The number of amides is 1. The van der Waals surface area contributed by atoms with Gasteiger partial charge in [-0.05, 0) is 25.1 Å². The smallest absolute Gasteiger partial charge is 0.264 e. The number of fused-ring (bicyclic) bond motifs is 2. The van der Waals surface area contributed by atoms with Gasteiger partial charge in [-0.15, -0.1) is 0 Å². The van der Waals surface area contributed by atoms with Gasteiger partial charge < -0.3 is 14.4 Å². The molecule has 0 aromatic heterocycles. The van der Waals surface area contributed by atoms with Crippen LogP contribution in [0.25, 0.3) is 0 Å². The zero-order chi connectivity index (χ0) is 17.4. The maximum atomic E-state index is 13.0. The first-order valence-electron chi connectivity index (χ1n) is 8.51. The molecule has 2 aliphatic heterocycles. The average Bonchev–Trinajstić information content (AvgIpc) is 2.83. The van der Waals surface area contributed by atoms with Crippen molar-refractivity contribution in [3.63, 3.8) is 0 Å². The molecule has 0 saturated heterocycles. The SMILES string of the molecule is CC1=C[C@@H](COc2ccccc2)O[C@@]2(C1)C(=O)N(C)c1ccccc12. The number of carbonyl (C=O) groups excluding carboxylic acids is 1. The Morgan fingerprint density at radius 2 is 1.88 bits per heavy atom. The number of para-hydroxylation sites is 2. The Morgan fingerprint density at radius 3 is 2.68 bits per heavy atom. The largest absolute Gasteiger partial charge is 0.491 e. The Morgan fingerprint density at radius 1 is 1.16 bits per heavy atom. The molecular formula is C21H21NO3. The van der Waals surface area contributed by atoms with Crippen molar-refractivity contribution in [1.82, 2.24) is 0 Å². The number of benzene rings is 2. The summed E-state index contributed by atoms with van der Waals surface area (Å²) in [6.45, 7) is 2.43. The number of nitrogens with zero attached hydrogens (tertiary/aromatic N) is 1. The fourth-order valence-electron chi connectivity index (χ4n) is 3.77. The Kier molecular flexibility index (Phi) is 3.85. The van der Waals surface area contributed by atoms with Gasteiger partial charge in [-0.1, -0.05) is 48.0 Å². The molecule has 0 unspecified atom stereocenters. The van der Waals surface area contributed by atoms with Crippen molar-refractivity contribution in [1.29, 1.82) is 0 Å². The molecule has 0 radical (unpaired) electrons. The van der Waals surface area contributed by atoms with Crippen LogP contribution in [-0.4, -0.2) is 25.7 Å². The molecule has 128 valence electrons. The van der Waals surface area contributed by atoms with Crippen LogP contribution in [0.3, 0.4) is 0 Å². The lowest BCUT2D eigenvalue weighted by Crippen LogP contribution is -2.46. The Hall–Kier alpha value is -2.59. The number of anilines is 1. The molecule has 25 heavy (non-hydrogen) atoms. The van der Waals surface area contributed by atoms with Gasteiger partial charge in [-0.2, -0.15) is 0 Å². The van der Waals surface area contributed by atoms with E-state index in [1.807, 2.05) is 68.6 Å². The highest BCUT2D eigenvalue weighted by Crippen LogP contribution is 2.48. The van der Waals surface area contributed by atoms with Crippen LogP contribution in [0.1, 0.15) is 18.9 Å². The van der Waals surface area contributed by atoms with Crippen molar-refractivity contribution in [3.05, 3.63) is 71.8 Å². The van der Waals surface area contributed by atoms with E-state index < -0.39 is 5.60 Å². The second kappa shape index (κ2) is 6.05. The van der Waals surface area contributed by atoms with Gasteiger partial charge in [0.25, 0.3) is 5.91 Å². The molecule has 1 amide bonds. The molecule has 2 heterocycles. The second-order valence-electron chi connectivity index (χ2n) is 6.68. The quantitative estimate of drug-likeness (QED) is 0.803. The van der Waals surface area contributed by atoms with Gasteiger partial charge in [-0.3, -0.25) is 4.79 Å². The number of rotatable bonds is 3. The summed E-state index contributed by atoms with van der Waals surface area (Å²) in [4.78, 5) is 14.7. The van der Waals surface area contributed by atoms with Crippen molar-refractivity contribution < 1.29 is 14.3 Å². The lowest BCUT2D eigenvalue weighted by molar-refractivity contribution is -0.153. The maximum Gasteiger partial charge on any atom is 0.264 e. The molecule has 2 atom stereocenters. The van der Waals surface area contributed by atoms with Gasteiger partial charge in [0.05, 0.1) is 5.69 Å². The van der Waals surface area contributed by atoms with Crippen molar-refractivity contribution in [2.24, 2.45) is 0 Å². The normalized spacial score (nSPS) is 25.0. The molecule has 1 spiro atoms.